The molecule has 1 aromatic heterocycles. The summed E-state index contributed by atoms with van der Waals surface area (Å²) in [5.41, 5.74) is 8.27. The molecule has 3 rings (SSSR count). The highest BCUT2D eigenvalue weighted by molar-refractivity contribution is 5.63. The van der Waals surface area contributed by atoms with E-state index >= 15 is 0 Å². The molecular formula is C15H18N4. The maximum atomic E-state index is 5.93. The van der Waals surface area contributed by atoms with Crippen LogP contribution in [0.3, 0.4) is 0 Å². The van der Waals surface area contributed by atoms with Crippen molar-refractivity contribution < 1.29 is 0 Å². The van der Waals surface area contributed by atoms with Gasteiger partial charge in [0.2, 0.25) is 0 Å². The zero-order valence-electron chi connectivity index (χ0n) is 10.9. The van der Waals surface area contributed by atoms with Crippen molar-refractivity contribution in [3.63, 3.8) is 0 Å². The minimum Gasteiger partial charge on any atom is -0.382 e. The third-order valence-electron chi connectivity index (χ3n) is 3.56. The van der Waals surface area contributed by atoms with Crippen LogP contribution in [-0.4, -0.2) is 31.2 Å². The van der Waals surface area contributed by atoms with Crippen LogP contribution in [0.1, 0.15) is 0 Å². The van der Waals surface area contributed by atoms with Gasteiger partial charge >= 0.3 is 0 Å². The predicted molar refractivity (Wildman–Crippen MR) is 79.5 cm³/mol. The minimum atomic E-state index is 0.621. The molecule has 98 valence electrons. The van der Waals surface area contributed by atoms with E-state index in [1.165, 1.54) is 5.69 Å². The molecule has 0 unspecified atom stereocenters. The maximum absolute atomic E-state index is 5.93. The van der Waals surface area contributed by atoms with Crippen molar-refractivity contribution in [2.75, 3.05) is 41.7 Å². The Hall–Kier alpha value is -2.23. The second kappa shape index (κ2) is 5.18. The van der Waals surface area contributed by atoms with Crippen LogP contribution >= 0.6 is 0 Å². The summed E-state index contributed by atoms with van der Waals surface area (Å²) in [4.78, 5) is 8.87. The maximum Gasteiger partial charge on any atom is 0.146 e. The summed E-state index contributed by atoms with van der Waals surface area (Å²) in [6.45, 7) is 3.98. The standard InChI is InChI=1S/C15H18N4/c16-15-14(7-4-8-17-15)19-11-9-18(10-12-19)13-5-2-1-3-6-13/h1-8H,9-12H2,(H2,16,17). The lowest BCUT2D eigenvalue weighted by molar-refractivity contribution is 0.653. The molecule has 0 radical (unpaired) electrons. The Labute approximate surface area is 113 Å². The van der Waals surface area contributed by atoms with Crippen LogP contribution in [0.25, 0.3) is 0 Å². The minimum absolute atomic E-state index is 0.621. The van der Waals surface area contributed by atoms with Crippen molar-refractivity contribution in [3.05, 3.63) is 48.7 Å². The van der Waals surface area contributed by atoms with Crippen molar-refractivity contribution in [2.24, 2.45) is 0 Å². The van der Waals surface area contributed by atoms with Gasteiger partial charge in [-0.2, -0.15) is 0 Å². The molecule has 4 nitrogen and oxygen atoms in total. The number of rotatable bonds is 2. The number of hydrogen-bond acceptors (Lipinski definition) is 4. The lowest BCUT2D eigenvalue weighted by Crippen LogP contribution is -2.46. The molecule has 4 heteroatoms. The fourth-order valence-electron chi connectivity index (χ4n) is 2.52. The second-order valence-electron chi connectivity index (χ2n) is 4.72. The van der Waals surface area contributed by atoms with E-state index < -0.39 is 0 Å². The highest BCUT2D eigenvalue weighted by Crippen LogP contribution is 2.23. The molecule has 2 N–H and O–H groups in total. The number of hydrogen-bond donors (Lipinski definition) is 1. The van der Waals surface area contributed by atoms with Gasteiger partial charge in [0.05, 0.1) is 5.69 Å². The first-order valence-corrected chi connectivity index (χ1v) is 6.60. The Morgan fingerprint density at radius 3 is 2.21 bits per heavy atom. The molecule has 19 heavy (non-hydrogen) atoms. The van der Waals surface area contributed by atoms with Crippen LogP contribution in [0.4, 0.5) is 17.2 Å². The van der Waals surface area contributed by atoms with Crippen molar-refractivity contribution in [2.45, 2.75) is 0 Å². The van der Waals surface area contributed by atoms with Crippen LogP contribution in [-0.2, 0) is 0 Å². The zero-order chi connectivity index (χ0) is 13.1. The Kier molecular flexibility index (Phi) is 3.23. The van der Waals surface area contributed by atoms with Gasteiger partial charge in [-0.1, -0.05) is 18.2 Å². The monoisotopic (exact) mass is 254 g/mol. The van der Waals surface area contributed by atoms with Gasteiger partial charge in [0.25, 0.3) is 0 Å². The Balaban J connectivity index is 1.69. The molecule has 0 amide bonds. The third kappa shape index (κ3) is 2.47. The lowest BCUT2D eigenvalue weighted by Gasteiger charge is -2.37. The number of anilines is 3. The number of pyridine rings is 1. The molecule has 0 saturated carbocycles. The number of nitrogens with zero attached hydrogens (tertiary/aromatic N) is 3. The second-order valence-corrected chi connectivity index (χ2v) is 4.72. The van der Waals surface area contributed by atoms with Gasteiger partial charge in [-0.15, -0.1) is 0 Å². The number of nitrogens with two attached hydrogens (primary N) is 1. The topological polar surface area (TPSA) is 45.4 Å². The molecule has 0 bridgehead atoms. The van der Waals surface area contributed by atoms with E-state index in [1.54, 1.807) is 6.20 Å². The fourth-order valence-corrected chi connectivity index (χ4v) is 2.52. The average molecular weight is 254 g/mol. The SMILES string of the molecule is Nc1ncccc1N1CCN(c2ccccc2)CC1. The number of nitrogen functional groups attached to an aromatic ring is 1. The van der Waals surface area contributed by atoms with Crippen LogP contribution < -0.4 is 15.5 Å². The highest BCUT2D eigenvalue weighted by atomic mass is 15.3. The van der Waals surface area contributed by atoms with Crippen molar-refractivity contribution in [1.29, 1.82) is 0 Å². The van der Waals surface area contributed by atoms with Gasteiger partial charge in [-0.05, 0) is 24.3 Å². The number of benzene rings is 1. The summed E-state index contributed by atoms with van der Waals surface area (Å²) in [6, 6.07) is 14.5. The van der Waals surface area contributed by atoms with E-state index in [1.807, 2.05) is 12.1 Å². The van der Waals surface area contributed by atoms with E-state index in [9.17, 15) is 0 Å². The quantitative estimate of drug-likeness (QED) is 0.890. The predicted octanol–water partition coefficient (Wildman–Crippen LogP) is 1.99. The first kappa shape index (κ1) is 11.8. The molecule has 1 saturated heterocycles. The van der Waals surface area contributed by atoms with Crippen molar-refractivity contribution in [1.82, 2.24) is 4.98 Å². The fraction of sp³-hybridized carbons (Fsp3) is 0.267. The summed E-state index contributed by atoms with van der Waals surface area (Å²) >= 11 is 0. The van der Waals surface area contributed by atoms with E-state index in [2.05, 4.69) is 45.1 Å². The largest absolute Gasteiger partial charge is 0.382 e. The number of aromatic nitrogens is 1. The van der Waals surface area contributed by atoms with Gasteiger partial charge in [-0.3, -0.25) is 0 Å². The average Bonchev–Trinajstić information content (AvgIpc) is 2.49. The van der Waals surface area contributed by atoms with Crippen molar-refractivity contribution in [3.8, 4) is 0 Å². The summed E-state index contributed by atoms with van der Waals surface area (Å²) < 4.78 is 0. The van der Waals surface area contributed by atoms with E-state index in [0.717, 1.165) is 31.9 Å². The number of para-hydroxylation sites is 1. The van der Waals surface area contributed by atoms with Crippen LogP contribution in [0.15, 0.2) is 48.7 Å². The van der Waals surface area contributed by atoms with Gasteiger partial charge in [0, 0.05) is 38.1 Å². The molecule has 1 aliphatic heterocycles. The molecule has 0 atom stereocenters. The summed E-state index contributed by atoms with van der Waals surface area (Å²) in [5, 5.41) is 0. The van der Waals surface area contributed by atoms with Gasteiger partial charge in [-0.25, -0.2) is 4.98 Å². The lowest BCUT2D eigenvalue weighted by atomic mass is 10.2. The van der Waals surface area contributed by atoms with E-state index in [0.29, 0.717) is 5.82 Å². The van der Waals surface area contributed by atoms with Gasteiger partial charge < -0.3 is 15.5 Å². The summed E-state index contributed by atoms with van der Waals surface area (Å²) in [6.07, 6.45) is 1.74. The summed E-state index contributed by atoms with van der Waals surface area (Å²) in [5.74, 6) is 0.621. The van der Waals surface area contributed by atoms with Crippen LogP contribution in [0, 0.1) is 0 Å². The molecular weight excluding hydrogens is 236 g/mol. The smallest absolute Gasteiger partial charge is 0.146 e. The molecule has 2 aromatic rings. The number of piperazine rings is 1. The third-order valence-corrected chi connectivity index (χ3v) is 3.56. The van der Waals surface area contributed by atoms with Crippen LogP contribution in [0.2, 0.25) is 0 Å². The van der Waals surface area contributed by atoms with Gasteiger partial charge in [0.15, 0.2) is 0 Å². The highest BCUT2D eigenvalue weighted by Gasteiger charge is 2.18. The zero-order valence-corrected chi connectivity index (χ0v) is 10.9. The Morgan fingerprint density at radius 1 is 0.842 bits per heavy atom. The normalized spacial score (nSPS) is 15.6. The van der Waals surface area contributed by atoms with E-state index in [-0.39, 0.29) is 0 Å². The first-order chi connectivity index (χ1) is 9.34. The van der Waals surface area contributed by atoms with E-state index in [4.69, 9.17) is 5.73 Å². The Bertz CT molecular complexity index is 533. The molecule has 0 spiro atoms. The molecule has 1 aliphatic rings. The van der Waals surface area contributed by atoms with Gasteiger partial charge in [0.1, 0.15) is 5.82 Å². The molecule has 0 aliphatic carbocycles. The van der Waals surface area contributed by atoms with Crippen LogP contribution in [0.5, 0.6) is 0 Å². The molecule has 1 aromatic carbocycles. The summed E-state index contributed by atoms with van der Waals surface area (Å²) in [7, 11) is 0. The Morgan fingerprint density at radius 2 is 1.53 bits per heavy atom. The van der Waals surface area contributed by atoms with Crippen molar-refractivity contribution >= 4 is 17.2 Å². The first-order valence-electron chi connectivity index (χ1n) is 6.60. The molecule has 1 fully saturated rings. The molecule has 2 heterocycles.